The number of aryl methyl sites for hydroxylation is 1. The Morgan fingerprint density at radius 1 is 1.33 bits per heavy atom. The molecule has 2 nitrogen and oxygen atoms in total. The molecule has 2 rings (SSSR count). The van der Waals surface area contributed by atoms with Gasteiger partial charge in [0.2, 0.25) is 0 Å². The monoisotopic (exact) mass is 204 g/mol. The Morgan fingerprint density at radius 2 is 2.00 bits per heavy atom. The first-order chi connectivity index (χ1) is 7.00. The third kappa shape index (κ3) is 1.76. The maximum atomic E-state index is 11.3. The lowest BCUT2D eigenvalue weighted by Gasteiger charge is -2.26. The molecule has 0 spiro atoms. The maximum absolute atomic E-state index is 11.3. The summed E-state index contributed by atoms with van der Waals surface area (Å²) < 4.78 is 5.33. The molecule has 0 saturated carbocycles. The van der Waals surface area contributed by atoms with E-state index in [0.29, 0.717) is 6.42 Å². The van der Waals surface area contributed by atoms with Crippen LogP contribution in [0.5, 0.6) is 0 Å². The lowest BCUT2D eigenvalue weighted by molar-refractivity contribution is -0.146. The Morgan fingerprint density at radius 3 is 2.53 bits per heavy atom. The van der Waals surface area contributed by atoms with Crippen LogP contribution in [0, 0.1) is 6.92 Å². The summed E-state index contributed by atoms with van der Waals surface area (Å²) in [6, 6.07) is 8.20. The van der Waals surface area contributed by atoms with Crippen LogP contribution in [0.3, 0.4) is 0 Å². The number of carbonyl (C=O) groups excluding carboxylic acids is 1. The van der Waals surface area contributed by atoms with E-state index in [1.807, 2.05) is 26.0 Å². The van der Waals surface area contributed by atoms with Gasteiger partial charge in [0.15, 0.2) is 0 Å². The van der Waals surface area contributed by atoms with E-state index in [1.165, 1.54) is 11.1 Å². The summed E-state index contributed by atoms with van der Waals surface area (Å²) in [5, 5.41) is 0. The van der Waals surface area contributed by atoms with E-state index in [9.17, 15) is 4.79 Å². The molecule has 0 bridgehead atoms. The van der Waals surface area contributed by atoms with Crippen molar-refractivity contribution in [2.45, 2.75) is 38.7 Å². The zero-order valence-corrected chi connectivity index (χ0v) is 9.41. The van der Waals surface area contributed by atoms with Crippen molar-refractivity contribution in [1.29, 1.82) is 0 Å². The number of ether oxygens (including phenoxy) is 1. The first kappa shape index (κ1) is 10.2. The highest BCUT2D eigenvalue weighted by Gasteiger charge is 2.42. The van der Waals surface area contributed by atoms with Crippen LogP contribution in [-0.2, 0) is 9.53 Å². The average Bonchev–Trinajstić information content (AvgIpc) is 2.40. The summed E-state index contributed by atoms with van der Waals surface area (Å²) in [5.41, 5.74) is 2.09. The average molecular weight is 204 g/mol. The van der Waals surface area contributed by atoms with Crippen LogP contribution in [0.4, 0.5) is 0 Å². The van der Waals surface area contributed by atoms with Gasteiger partial charge in [0, 0.05) is 5.92 Å². The van der Waals surface area contributed by atoms with Crippen molar-refractivity contribution in [3.05, 3.63) is 35.4 Å². The van der Waals surface area contributed by atoms with Gasteiger partial charge in [-0.15, -0.1) is 0 Å². The van der Waals surface area contributed by atoms with E-state index in [2.05, 4.69) is 19.1 Å². The molecule has 80 valence electrons. The number of cyclic esters (lactones) is 1. The highest BCUT2D eigenvalue weighted by molar-refractivity contribution is 5.74. The van der Waals surface area contributed by atoms with Gasteiger partial charge in [-0.2, -0.15) is 0 Å². The van der Waals surface area contributed by atoms with Gasteiger partial charge in [0.05, 0.1) is 6.42 Å². The molecule has 15 heavy (non-hydrogen) atoms. The fourth-order valence-electron chi connectivity index (χ4n) is 2.28. The molecule has 1 aromatic carbocycles. The van der Waals surface area contributed by atoms with E-state index in [-0.39, 0.29) is 17.5 Å². The molecular weight excluding hydrogens is 188 g/mol. The van der Waals surface area contributed by atoms with E-state index in [0.717, 1.165) is 0 Å². The number of rotatable bonds is 1. The van der Waals surface area contributed by atoms with Crippen LogP contribution in [0.15, 0.2) is 24.3 Å². The SMILES string of the molecule is Cc1ccccc1C1CC(=O)OC1(C)C. The predicted octanol–water partition coefficient (Wildman–Crippen LogP) is 2.80. The molecule has 1 aliphatic heterocycles. The smallest absolute Gasteiger partial charge is 0.307 e. The number of esters is 1. The summed E-state index contributed by atoms with van der Waals surface area (Å²) in [5.74, 6) is 0.0967. The van der Waals surface area contributed by atoms with Crippen molar-refractivity contribution >= 4 is 5.97 Å². The standard InChI is InChI=1S/C13H16O2/c1-9-6-4-5-7-10(9)11-8-12(14)15-13(11,2)3/h4-7,11H,8H2,1-3H3. The minimum Gasteiger partial charge on any atom is -0.459 e. The Hall–Kier alpha value is -1.31. The third-order valence-electron chi connectivity index (χ3n) is 3.15. The van der Waals surface area contributed by atoms with Crippen molar-refractivity contribution in [3.8, 4) is 0 Å². The maximum Gasteiger partial charge on any atom is 0.307 e. The third-order valence-corrected chi connectivity index (χ3v) is 3.15. The summed E-state index contributed by atoms with van der Waals surface area (Å²) in [6.07, 6.45) is 0.498. The van der Waals surface area contributed by atoms with Gasteiger partial charge in [0.25, 0.3) is 0 Å². The van der Waals surface area contributed by atoms with Crippen molar-refractivity contribution < 1.29 is 9.53 Å². The predicted molar refractivity (Wildman–Crippen MR) is 58.7 cm³/mol. The second-order valence-electron chi connectivity index (χ2n) is 4.69. The van der Waals surface area contributed by atoms with E-state index < -0.39 is 0 Å². The van der Waals surface area contributed by atoms with Crippen LogP contribution < -0.4 is 0 Å². The Bertz CT molecular complexity index is 393. The lowest BCUT2D eigenvalue weighted by atomic mass is 9.82. The molecule has 0 amide bonds. The molecule has 0 N–H and O–H groups in total. The van der Waals surface area contributed by atoms with E-state index in [4.69, 9.17) is 4.74 Å². The van der Waals surface area contributed by atoms with Gasteiger partial charge in [-0.05, 0) is 31.9 Å². The zero-order chi connectivity index (χ0) is 11.1. The highest BCUT2D eigenvalue weighted by Crippen LogP contribution is 2.41. The second-order valence-corrected chi connectivity index (χ2v) is 4.69. The molecule has 1 unspecified atom stereocenters. The van der Waals surface area contributed by atoms with Crippen molar-refractivity contribution in [3.63, 3.8) is 0 Å². The van der Waals surface area contributed by atoms with Crippen LogP contribution in [-0.4, -0.2) is 11.6 Å². The highest BCUT2D eigenvalue weighted by atomic mass is 16.6. The summed E-state index contributed by atoms with van der Waals surface area (Å²) in [6.45, 7) is 6.04. The van der Waals surface area contributed by atoms with Gasteiger partial charge < -0.3 is 4.74 Å². The van der Waals surface area contributed by atoms with Gasteiger partial charge in [-0.3, -0.25) is 4.79 Å². The largest absolute Gasteiger partial charge is 0.459 e. The molecule has 1 saturated heterocycles. The summed E-state index contributed by atoms with van der Waals surface area (Å²) >= 11 is 0. The molecule has 0 aliphatic carbocycles. The molecular formula is C13H16O2. The molecule has 1 fully saturated rings. The molecule has 1 aromatic rings. The Labute approximate surface area is 90.3 Å². The minimum absolute atomic E-state index is 0.0896. The minimum atomic E-state index is -0.372. The lowest BCUT2D eigenvalue weighted by Crippen LogP contribution is -2.26. The molecule has 2 heteroatoms. The van der Waals surface area contributed by atoms with Crippen LogP contribution >= 0.6 is 0 Å². The fourth-order valence-corrected chi connectivity index (χ4v) is 2.28. The summed E-state index contributed by atoms with van der Waals surface area (Å²) in [4.78, 5) is 11.3. The molecule has 1 atom stereocenters. The molecule has 0 radical (unpaired) electrons. The first-order valence-corrected chi connectivity index (χ1v) is 5.28. The van der Waals surface area contributed by atoms with Crippen LogP contribution in [0.1, 0.15) is 37.3 Å². The summed E-state index contributed by atoms with van der Waals surface area (Å²) in [7, 11) is 0. The normalized spacial score (nSPS) is 23.9. The number of hydrogen-bond acceptors (Lipinski definition) is 2. The first-order valence-electron chi connectivity index (χ1n) is 5.28. The van der Waals surface area contributed by atoms with Crippen molar-refractivity contribution in [2.75, 3.05) is 0 Å². The fraction of sp³-hybridized carbons (Fsp3) is 0.462. The number of benzene rings is 1. The van der Waals surface area contributed by atoms with E-state index in [1.54, 1.807) is 0 Å². The molecule has 1 aliphatic rings. The van der Waals surface area contributed by atoms with Gasteiger partial charge in [0.1, 0.15) is 5.60 Å². The molecule has 1 heterocycles. The van der Waals surface area contributed by atoms with Gasteiger partial charge in [-0.25, -0.2) is 0 Å². The zero-order valence-electron chi connectivity index (χ0n) is 9.41. The van der Waals surface area contributed by atoms with Crippen LogP contribution in [0.2, 0.25) is 0 Å². The van der Waals surface area contributed by atoms with E-state index >= 15 is 0 Å². The quantitative estimate of drug-likeness (QED) is 0.657. The Kier molecular flexibility index (Phi) is 2.29. The van der Waals surface area contributed by atoms with Gasteiger partial charge >= 0.3 is 5.97 Å². The topological polar surface area (TPSA) is 26.3 Å². The molecule has 0 aromatic heterocycles. The Balaban J connectivity index is 2.40. The van der Waals surface area contributed by atoms with Crippen LogP contribution in [0.25, 0.3) is 0 Å². The number of hydrogen-bond donors (Lipinski definition) is 0. The van der Waals surface area contributed by atoms with Gasteiger partial charge in [-0.1, -0.05) is 24.3 Å². The number of carbonyl (C=O) groups is 1. The van der Waals surface area contributed by atoms with Crippen molar-refractivity contribution in [1.82, 2.24) is 0 Å². The van der Waals surface area contributed by atoms with Crippen molar-refractivity contribution in [2.24, 2.45) is 0 Å². The second kappa shape index (κ2) is 3.37.